The number of nitrogens with one attached hydrogen (secondary N) is 1. The highest BCUT2D eigenvalue weighted by Gasteiger charge is 2.42. The second kappa shape index (κ2) is 6.07. The number of aromatic amines is 1. The molecule has 6 nitrogen and oxygen atoms in total. The van der Waals surface area contributed by atoms with Crippen molar-refractivity contribution in [1.29, 1.82) is 0 Å². The lowest BCUT2D eigenvalue weighted by Crippen LogP contribution is -2.45. The topological polar surface area (TPSA) is 71.1 Å². The van der Waals surface area contributed by atoms with E-state index >= 15 is 0 Å². The third kappa shape index (κ3) is 3.04. The molecule has 0 spiro atoms. The monoisotopic (exact) mass is 316 g/mol. The van der Waals surface area contributed by atoms with E-state index in [2.05, 4.69) is 27.3 Å². The molecule has 6 heteroatoms. The number of hydrogen-bond donors (Lipinski definition) is 1. The molecule has 1 aliphatic carbocycles. The van der Waals surface area contributed by atoms with Crippen molar-refractivity contribution in [3.8, 4) is 0 Å². The predicted octanol–water partition coefficient (Wildman–Crippen LogP) is 2.15. The number of carbonyl (C=O) groups is 1. The molecular weight excluding hydrogens is 292 g/mol. The van der Waals surface area contributed by atoms with Gasteiger partial charge in [-0.15, -0.1) is 0 Å². The number of likely N-dealkylation sites (tertiary alicyclic amines) is 1. The summed E-state index contributed by atoms with van der Waals surface area (Å²) in [7, 11) is 0. The number of nitrogens with zero attached hydrogens (tertiary/aromatic N) is 3. The zero-order valence-electron chi connectivity index (χ0n) is 13.6. The van der Waals surface area contributed by atoms with E-state index in [9.17, 15) is 4.79 Å². The van der Waals surface area contributed by atoms with Crippen molar-refractivity contribution in [3.05, 3.63) is 23.8 Å². The number of ether oxygens (including phenoxy) is 1. The van der Waals surface area contributed by atoms with Gasteiger partial charge in [0.1, 0.15) is 11.9 Å². The Hall–Kier alpha value is -1.69. The lowest BCUT2D eigenvalue weighted by molar-refractivity contribution is -0.136. The first kappa shape index (κ1) is 14.9. The maximum atomic E-state index is 12.5. The van der Waals surface area contributed by atoms with Gasteiger partial charge in [-0.25, -0.2) is 4.98 Å². The molecule has 0 radical (unpaired) electrons. The van der Waals surface area contributed by atoms with Crippen LogP contribution in [0.1, 0.15) is 49.9 Å². The number of piperidine rings is 1. The zero-order chi connectivity index (χ0) is 15.8. The van der Waals surface area contributed by atoms with E-state index in [1.807, 2.05) is 11.8 Å². The summed E-state index contributed by atoms with van der Waals surface area (Å²) in [5, 5.41) is 7.11. The van der Waals surface area contributed by atoms with E-state index in [0.717, 1.165) is 50.4 Å². The van der Waals surface area contributed by atoms with Crippen LogP contribution in [-0.4, -0.2) is 45.2 Å². The van der Waals surface area contributed by atoms with Crippen LogP contribution in [0.2, 0.25) is 0 Å². The van der Waals surface area contributed by atoms with Crippen LogP contribution >= 0.6 is 0 Å². The van der Waals surface area contributed by atoms with E-state index in [0.29, 0.717) is 18.3 Å². The summed E-state index contributed by atoms with van der Waals surface area (Å²) in [6, 6.07) is 0. The summed E-state index contributed by atoms with van der Waals surface area (Å²) < 4.78 is 6.16. The van der Waals surface area contributed by atoms with Crippen LogP contribution in [0.15, 0.2) is 12.2 Å². The van der Waals surface area contributed by atoms with Gasteiger partial charge in [-0.1, -0.05) is 12.2 Å². The summed E-state index contributed by atoms with van der Waals surface area (Å²) in [5.74, 6) is 2.81. The fourth-order valence-electron chi connectivity index (χ4n) is 4.05. The molecule has 23 heavy (non-hydrogen) atoms. The molecule has 2 fully saturated rings. The van der Waals surface area contributed by atoms with Crippen molar-refractivity contribution in [2.75, 3.05) is 13.1 Å². The number of carbonyl (C=O) groups excluding carboxylic acids is 1. The number of amides is 1. The lowest BCUT2D eigenvalue weighted by Gasteiger charge is -2.34. The first-order valence-corrected chi connectivity index (χ1v) is 8.68. The minimum atomic E-state index is -0.0252. The molecule has 0 saturated carbocycles. The molecule has 2 saturated heterocycles. The number of aromatic nitrogens is 3. The van der Waals surface area contributed by atoms with Crippen molar-refractivity contribution < 1.29 is 9.53 Å². The smallest absolute Gasteiger partial charge is 0.223 e. The molecule has 0 bridgehead atoms. The number of fused-ring (bicyclic) bond motifs is 1. The highest BCUT2D eigenvalue weighted by molar-refractivity contribution is 5.77. The minimum absolute atomic E-state index is 0.0252. The van der Waals surface area contributed by atoms with Crippen LogP contribution in [0.5, 0.6) is 0 Å². The lowest BCUT2D eigenvalue weighted by atomic mass is 9.91. The standard InChI is InChI=1S/C17H24N4O2/c1-11-18-17(20-19-11)14-9-13-6-7-21(10-15(13)23-14)16(22)8-12-4-2-3-5-12/h2,4,12-15H,3,5-10H2,1H3,(H,18,19,20)/t12-,13+,14-,15-/m1/s1. The molecule has 2 aliphatic heterocycles. The van der Waals surface area contributed by atoms with Crippen LogP contribution in [0.3, 0.4) is 0 Å². The molecule has 1 amide bonds. The fraction of sp³-hybridized carbons (Fsp3) is 0.706. The van der Waals surface area contributed by atoms with Crippen molar-refractivity contribution in [2.24, 2.45) is 11.8 Å². The molecule has 0 unspecified atom stereocenters. The largest absolute Gasteiger partial charge is 0.365 e. The average molecular weight is 316 g/mol. The van der Waals surface area contributed by atoms with Crippen LogP contribution < -0.4 is 0 Å². The maximum absolute atomic E-state index is 12.5. The summed E-state index contributed by atoms with van der Waals surface area (Å²) >= 11 is 0. The van der Waals surface area contributed by atoms with Gasteiger partial charge < -0.3 is 9.64 Å². The third-order valence-corrected chi connectivity index (χ3v) is 5.36. The fourth-order valence-corrected chi connectivity index (χ4v) is 4.05. The number of allylic oxidation sites excluding steroid dienone is 2. The quantitative estimate of drug-likeness (QED) is 0.867. The van der Waals surface area contributed by atoms with Gasteiger partial charge in [0.25, 0.3) is 0 Å². The van der Waals surface area contributed by atoms with Gasteiger partial charge in [0.15, 0.2) is 5.82 Å². The Balaban J connectivity index is 1.35. The van der Waals surface area contributed by atoms with Crippen molar-refractivity contribution >= 4 is 5.91 Å². The molecule has 4 atom stereocenters. The molecule has 4 rings (SSSR count). The van der Waals surface area contributed by atoms with Crippen molar-refractivity contribution in [1.82, 2.24) is 20.1 Å². The second-order valence-corrected chi connectivity index (χ2v) is 7.04. The normalized spacial score (nSPS) is 33.2. The van der Waals surface area contributed by atoms with Gasteiger partial charge in [-0.3, -0.25) is 9.89 Å². The third-order valence-electron chi connectivity index (χ3n) is 5.36. The molecule has 0 aromatic carbocycles. The maximum Gasteiger partial charge on any atom is 0.223 e. The van der Waals surface area contributed by atoms with Gasteiger partial charge in [0.05, 0.1) is 6.10 Å². The van der Waals surface area contributed by atoms with Crippen LogP contribution in [0, 0.1) is 18.8 Å². The van der Waals surface area contributed by atoms with E-state index in [1.54, 1.807) is 0 Å². The molecule has 1 aromatic rings. The van der Waals surface area contributed by atoms with E-state index in [1.165, 1.54) is 0 Å². The van der Waals surface area contributed by atoms with E-state index in [4.69, 9.17) is 4.74 Å². The highest BCUT2D eigenvalue weighted by Crippen LogP contribution is 2.40. The van der Waals surface area contributed by atoms with Gasteiger partial charge in [-0.05, 0) is 44.4 Å². The first-order valence-electron chi connectivity index (χ1n) is 8.68. The molecule has 1 N–H and O–H groups in total. The summed E-state index contributed by atoms with van der Waals surface area (Å²) in [5.41, 5.74) is 0. The molecular formula is C17H24N4O2. The minimum Gasteiger partial charge on any atom is -0.365 e. The summed E-state index contributed by atoms with van der Waals surface area (Å²) in [6.07, 6.45) is 9.37. The van der Waals surface area contributed by atoms with Gasteiger partial charge in [0, 0.05) is 19.5 Å². The Labute approximate surface area is 136 Å². The Kier molecular flexibility index (Phi) is 3.93. The van der Waals surface area contributed by atoms with E-state index < -0.39 is 0 Å². The Morgan fingerprint density at radius 1 is 1.48 bits per heavy atom. The molecule has 3 aliphatic rings. The van der Waals surface area contributed by atoms with Crippen LogP contribution in [-0.2, 0) is 9.53 Å². The highest BCUT2D eigenvalue weighted by atomic mass is 16.5. The second-order valence-electron chi connectivity index (χ2n) is 7.04. The number of H-pyrrole nitrogens is 1. The van der Waals surface area contributed by atoms with Gasteiger partial charge >= 0.3 is 0 Å². The Morgan fingerprint density at radius 2 is 2.39 bits per heavy atom. The average Bonchev–Trinajstić information content (AvgIpc) is 3.25. The molecule has 3 heterocycles. The Morgan fingerprint density at radius 3 is 3.13 bits per heavy atom. The number of aryl methyl sites for hydroxylation is 1. The first-order chi connectivity index (χ1) is 11.2. The molecule has 1 aromatic heterocycles. The van der Waals surface area contributed by atoms with Crippen molar-refractivity contribution in [2.45, 2.75) is 51.2 Å². The van der Waals surface area contributed by atoms with Crippen LogP contribution in [0.25, 0.3) is 0 Å². The van der Waals surface area contributed by atoms with E-state index in [-0.39, 0.29) is 18.1 Å². The summed E-state index contributed by atoms with van der Waals surface area (Å²) in [4.78, 5) is 18.9. The zero-order valence-corrected chi connectivity index (χ0v) is 13.6. The predicted molar refractivity (Wildman–Crippen MR) is 84.5 cm³/mol. The number of hydrogen-bond acceptors (Lipinski definition) is 4. The SMILES string of the molecule is Cc1nc([C@H]2C[C@@H]3CCN(C(=O)C[C@@H]4C=CCC4)C[C@H]3O2)n[nH]1. The van der Waals surface area contributed by atoms with Crippen molar-refractivity contribution in [3.63, 3.8) is 0 Å². The molecule has 124 valence electrons. The Bertz CT molecular complexity index is 611. The van der Waals surface area contributed by atoms with Gasteiger partial charge in [-0.2, -0.15) is 5.10 Å². The summed E-state index contributed by atoms with van der Waals surface area (Å²) in [6.45, 7) is 3.48. The number of rotatable bonds is 3. The van der Waals surface area contributed by atoms with Gasteiger partial charge in [0.2, 0.25) is 5.91 Å². The van der Waals surface area contributed by atoms with Crippen LogP contribution in [0.4, 0.5) is 0 Å².